The fourth-order valence-corrected chi connectivity index (χ4v) is 2.11. The van der Waals surface area contributed by atoms with Gasteiger partial charge in [-0.3, -0.25) is 4.79 Å². The van der Waals surface area contributed by atoms with Gasteiger partial charge in [0.25, 0.3) is 0 Å². The average Bonchev–Trinajstić information content (AvgIpc) is 2.29. The molecule has 92 valence electrons. The summed E-state index contributed by atoms with van der Waals surface area (Å²) in [5.41, 5.74) is 0.676. The van der Waals surface area contributed by atoms with E-state index in [4.69, 9.17) is 0 Å². The van der Waals surface area contributed by atoms with E-state index in [2.05, 4.69) is 0 Å². The lowest BCUT2D eigenvalue weighted by molar-refractivity contribution is -0.133. The van der Waals surface area contributed by atoms with Crippen molar-refractivity contribution in [1.29, 1.82) is 0 Å². The summed E-state index contributed by atoms with van der Waals surface area (Å²) >= 11 is 0. The Morgan fingerprint density at radius 1 is 1.53 bits per heavy atom. The number of likely N-dealkylation sites (tertiary alicyclic amines) is 1. The third-order valence-corrected chi connectivity index (χ3v) is 2.99. The fourth-order valence-electron chi connectivity index (χ4n) is 2.11. The van der Waals surface area contributed by atoms with E-state index in [0.717, 1.165) is 12.8 Å². The van der Waals surface area contributed by atoms with Gasteiger partial charge in [-0.25, -0.2) is 4.39 Å². The molecule has 0 saturated carbocycles. The number of β-amino-alcohol motifs (C(OH)–C–C–N with tert-alkyl or cyclic N) is 1. The molecule has 0 bridgehead atoms. The predicted molar refractivity (Wildman–Crippen MR) is 61.9 cm³/mol. The van der Waals surface area contributed by atoms with Crippen LogP contribution in [0.5, 0.6) is 0 Å². The van der Waals surface area contributed by atoms with Crippen LogP contribution in [0, 0.1) is 5.82 Å². The van der Waals surface area contributed by atoms with Gasteiger partial charge in [-0.15, -0.1) is 0 Å². The molecular formula is C13H16FNO2. The van der Waals surface area contributed by atoms with Crippen LogP contribution < -0.4 is 0 Å². The van der Waals surface area contributed by atoms with Crippen molar-refractivity contribution in [3.63, 3.8) is 0 Å². The molecule has 2 rings (SSSR count). The minimum absolute atomic E-state index is 0.0469. The number of aliphatic hydroxyl groups is 1. The van der Waals surface area contributed by atoms with Crippen molar-refractivity contribution >= 4 is 5.91 Å². The second-order valence-electron chi connectivity index (χ2n) is 4.44. The molecule has 4 heteroatoms. The van der Waals surface area contributed by atoms with Gasteiger partial charge < -0.3 is 10.0 Å². The van der Waals surface area contributed by atoms with Crippen LogP contribution in [0.1, 0.15) is 18.4 Å². The summed E-state index contributed by atoms with van der Waals surface area (Å²) in [5.74, 6) is -0.372. The molecule has 1 N–H and O–H groups in total. The van der Waals surface area contributed by atoms with Gasteiger partial charge in [0.05, 0.1) is 12.5 Å². The largest absolute Gasteiger partial charge is 0.391 e. The topological polar surface area (TPSA) is 40.5 Å². The molecule has 0 aliphatic carbocycles. The van der Waals surface area contributed by atoms with Crippen LogP contribution in [-0.4, -0.2) is 35.1 Å². The SMILES string of the molecule is O=C(Cc1cccc(F)c1)N1CCC[C@H](O)C1. The Morgan fingerprint density at radius 3 is 3.06 bits per heavy atom. The van der Waals surface area contributed by atoms with Crippen molar-refractivity contribution in [2.45, 2.75) is 25.4 Å². The van der Waals surface area contributed by atoms with Gasteiger partial charge in [0.15, 0.2) is 0 Å². The van der Waals surface area contributed by atoms with E-state index in [0.29, 0.717) is 18.7 Å². The first-order valence-corrected chi connectivity index (χ1v) is 5.85. The quantitative estimate of drug-likeness (QED) is 0.843. The summed E-state index contributed by atoms with van der Waals surface area (Å²) in [6.45, 7) is 1.08. The Bertz CT molecular complexity index is 408. The highest BCUT2D eigenvalue weighted by Gasteiger charge is 2.21. The number of halogens is 1. The van der Waals surface area contributed by atoms with Crippen molar-refractivity contribution in [3.05, 3.63) is 35.6 Å². The molecule has 1 aliphatic heterocycles. The van der Waals surface area contributed by atoms with E-state index in [-0.39, 0.29) is 18.1 Å². The first kappa shape index (κ1) is 12.0. The number of piperidine rings is 1. The number of benzene rings is 1. The summed E-state index contributed by atoms with van der Waals surface area (Å²) in [6.07, 6.45) is 1.37. The standard InChI is InChI=1S/C13H16FNO2/c14-11-4-1-3-10(7-11)8-13(17)15-6-2-5-12(16)9-15/h1,3-4,7,12,16H,2,5-6,8-9H2/t12-/m0/s1. The summed E-state index contributed by atoms with van der Waals surface area (Å²) in [5, 5.41) is 9.48. The lowest BCUT2D eigenvalue weighted by Gasteiger charge is -2.30. The van der Waals surface area contributed by atoms with E-state index in [1.165, 1.54) is 12.1 Å². The van der Waals surface area contributed by atoms with Crippen molar-refractivity contribution in [2.24, 2.45) is 0 Å². The average molecular weight is 237 g/mol. The van der Waals surface area contributed by atoms with Crippen molar-refractivity contribution in [2.75, 3.05) is 13.1 Å². The number of amides is 1. The van der Waals surface area contributed by atoms with Crippen LogP contribution >= 0.6 is 0 Å². The summed E-state index contributed by atoms with van der Waals surface area (Å²) in [4.78, 5) is 13.6. The molecule has 0 unspecified atom stereocenters. The highest BCUT2D eigenvalue weighted by molar-refractivity contribution is 5.78. The van der Waals surface area contributed by atoms with Crippen LogP contribution in [0.3, 0.4) is 0 Å². The number of hydrogen-bond donors (Lipinski definition) is 1. The molecule has 0 aromatic heterocycles. The summed E-state index contributed by atoms with van der Waals surface area (Å²) in [7, 11) is 0. The van der Waals surface area contributed by atoms with Gasteiger partial charge in [0, 0.05) is 13.1 Å². The first-order valence-electron chi connectivity index (χ1n) is 5.85. The van der Waals surface area contributed by atoms with Crippen LogP contribution in [0.15, 0.2) is 24.3 Å². The van der Waals surface area contributed by atoms with Crippen molar-refractivity contribution in [1.82, 2.24) is 4.90 Å². The Hall–Kier alpha value is -1.42. The maximum absolute atomic E-state index is 13.0. The van der Waals surface area contributed by atoms with Gasteiger partial charge in [-0.05, 0) is 30.5 Å². The molecule has 1 amide bonds. The van der Waals surface area contributed by atoms with Gasteiger partial charge in [0.1, 0.15) is 5.82 Å². The number of hydrogen-bond acceptors (Lipinski definition) is 2. The Balaban J connectivity index is 1.96. The predicted octanol–water partition coefficient (Wildman–Crippen LogP) is 1.35. The molecule has 1 heterocycles. The number of carbonyl (C=O) groups excluding carboxylic acids is 1. The number of rotatable bonds is 2. The van der Waals surface area contributed by atoms with Crippen LogP contribution in [0.4, 0.5) is 4.39 Å². The highest BCUT2D eigenvalue weighted by atomic mass is 19.1. The minimum Gasteiger partial charge on any atom is -0.391 e. The second-order valence-corrected chi connectivity index (χ2v) is 4.44. The summed E-state index contributed by atoms with van der Waals surface area (Å²) in [6, 6.07) is 6.07. The lowest BCUT2D eigenvalue weighted by Crippen LogP contribution is -2.42. The molecule has 1 fully saturated rings. The van der Waals surface area contributed by atoms with Crippen LogP contribution in [0.25, 0.3) is 0 Å². The zero-order valence-corrected chi connectivity index (χ0v) is 9.60. The smallest absolute Gasteiger partial charge is 0.227 e. The number of carbonyl (C=O) groups is 1. The fraction of sp³-hybridized carbons (Fsp3) is 0.462. The van der Waals surface area contributed by atoms with Crippen molar-refractivity contribution < 1.29 is 14.3 Å². The van der Waals surface area contributed by atoms with Gasteiger partial charge in [-0.1, -0.05) is 12.1 Å². The zero-order chi connectivity index (χ0) is 12.3. The lowest BCUT2D eigenvalue weighted by atomic mass is 10.1. The van der Waals surface area contributed by atoms with Crippen LogP contribution in [-0.2, 0) is 11.2 Å². The van der Waals surface area contributed by atoms with E-state index >= 15 is 0 Å². The molecule has 1 atom stereocenters. The third kappa shape index (κ3) is 3.27. The molecule has 0 radical (unpaired) electrons. The van der Waals surface area contributed by atoms with E-state index in [1.807, 2.05) is 0 Å². The maximum atomic E-state index is 13.0. The van der Waals surface area contributed by atoms with E-state index < -0.39 is 6.10 Å². The minimum atomic E-state index is -0.416. The number of nitrogens with zero attached hydrogens (tertiary/aromatic N) is 1. The highest BCUT2D eigenvalue weighted by Crippen LogP contribution is 2.12. The monoisotopic (exact) mass is 237 g/mol. The van der Waals surface area contributed by atoms with E-state index in [1.54, 1.807) is 17.0 Å². The van der Waals surface area contributed by atoms with E-state index in [9.17, 15) is 14.3 Å². The van der Waals surface area contributed by atoms with Gasteiger partial charge in [-0.2, -0.15) is 0 Å². The van der Waals surface area contributed by atoms with Crippen molar-refractivity contribution in [3.8, 4) is 0 Å². The second kappa shape index (κ2) is 5.27. The molecule has 1 aliphatic rings. The first-order chi connectivity index (χ1) is 8.15. The van der Waals surface area contributed by atoms with Crippen LogP contribution in [0.2, 0.25) is 0 Å². The third-order valence-electron chi connectivity index (χ3n) is 2.99. The van der Waals surface area contributed by atoms with Gasteiger partial charge >= 0.3 is 0 Å². The molecule has 1 saturated heterocycles. The molecule has 0 spiro atoms. The maximum Gasteiger partial charge on any atom is 0.227 e. The Labute approximate surface area is 99.9 Å². The summed E-state index contributed by atoms with van der Waals surface area (Å²) < 4.78 is 13.0. The zero-order valence-electron chi connectivity index (χ0n) is 9.60. The molecular weight excluding hydrogens is 221 g/mol. The molecule has 3 nitrogen and oxygen atoms in total. The Morgan fingerprint density at radius 2 is 2.35 bits per heavy atom. The van der Waals surface area contributed by atoms with Gasteiger partial charge in [0.2, 0.25) is 5.91 Å². The molecule has 17 heavy (non-hydrogen) atoms. The molecule has 1 aromatic rings. The normalized spacial score (nSPS) is 20.4. The Kier molecular flexibility index (Phi) is 3.74. The number of aliphatic hydroxyl groups excluding tert-OH is 1. The molecule has 1 aromatic carbocycles.